The van der Waals surface area contributed by atoms with E-state index in [0.717, 1.165) is 48.8 Å². The van der Waals surface area contributed by atoms with Crippen LogP contribution in [0.5, 0.6) is 11.5 Å². The molecule has 1 aromatic carbocycles. The molecule has 3 rings (SSSR count). The van der Waals surface area contributed by atoms with Gasteiger partial charge >= 0.3 is 0 Å². The highest BCUT2D eigenvalue weighted by molar-refractivity contribution is 5.87. The molecule has 9 heteroatoms. The molecular weight excluding hydrogens is 422 g/mol. The fourth-order valence-corrected chi connectivity index (χ4v) is 4.05. The van der Waals surface area contributed by atoms with Crippen molar-refractivity contribution in [3.8, 4) is 11.5 Å². The Balaban J connectivity index is 1.63. The number of carbonyl (C=O) groups excluding carboxylic acids is 2. The molecule has 0 aliphatic carbocycles. The lowest BCUT2D eigenvalue weighted by atomic mass is 10.0. The fourth-order valence-electron chi connectivity index (χ4n) is 4.05. The number of rotatable bonds is 8. The van der Waals surface area contributed by atoms with Gasteiger partial charge in [-0.25, -0.2) is 9.97 Å². The molecule has 0 spiro atoms. The zero-order chi connectivity index (χ0) is 24.0. The number of aryl methyl sites for hydroxylation is 2. The molecule has 2 N–H and O–H groups in total. The van der Waals surface area contributed by atoms with Crippen molar-refractivity contribution in [3.63, 3.8) is 0 Å². The molecule has 178 valence electrons. The average molecular weight is 456 g/mol. The second-order valence-corrected chi connectivity index (χ2v) is 8.40. The minimum Gasteiger partial charge on any atom is -0.497 e. The molecule has 1 atom stereocenters. The second kappa shape index (κ2) is 11.0. The van der Waals surface area contributed by atoms with Gasteiger partial charge in [-0.2, -0.15) is 0 Å². The van der Waals surface area contributed by atoms with Crippen LogP contribution in [0.15, 0.2) is 24.3 Å². The van der Waals surface area contributed by atoms with Gasteiger partial charge in [0.25, 0.3) is 0 Å². The van der Waals surface area contributed by atoms with Gasteiger partial charge in [-0.15, -0.1) is 0 Å². The summed E-state index contributed by atoms with van der Waals surface area (Å²) >= 11 is 0. The average Bonchev–Trinajstić information content (AvgIpc) is 2.77. The number of hydrogen-bond donors (Lipinski definition) is 2. The van der Waals surface area contributed by atoms with Crippen molar-refractivity contribution in [2.24, 2.45) is 0 Å². The smallest absolute Gasteiger partial charge is 0.243 e. The first-order valence-electron chi connectivity index (χ1n) is 11.1. The molecule has 9 nitrogen and oxygen atoms in total. The number of nitrogens with zero attached hydrogens (tertiary/aromatic N) is 3. The van der Waals surface area contributed by atoms with Gasteiger partial charge in [0, 0.05) is 49.9 Å². The van der Waals surface area contributed by atoms with Crippen molar-refractivity contribution in [1.29, 1.82) is 0 Å². The van der Waals surface area contributed by atoms with Crippen molar-refractivity contribution in [2.75, 3.05) is 32.2 Å². The summed E-state index contributed by atoms with van der Waals surface area (Å²) in [6, 6.07) is 6.73. The maximum Gasteiger partial charge on any atom is 0.243 e. The number of ether oxygens (including phenoxy) is 2. The maximum atomic E-state index is 13.1. The molecular formula is C24H33N5O4. The van der Waals surface area contributed by atoms with E-state index >= 15 is 0 Å². The molecule has 0 saturated carbocycles. The standard InChI is InChI=1S/C24H33N5O4/c1-15-10-16(2)26-24(25-15)29-8-6-19(7-9-29)28-23(31)22(27-17(3)30)13-18-11-20(32-4)14-21(12-18)33-5/h10-12,14,19,22H,6-9,13H2,1-5H3,(H,27,30)(H,28,31)/t22-/m1/s1. The van der Waals surface area contributed by atoms with E-state index in [-0.39, 0.29) is 17.9 Å². The highest BCUT2D eigenvalue weighted by atomic mass is 16.5. The summed E-state index contributed by atoms with van der Waals surface area (Å²) in [5.41, 5.74) is 2.72. The van der Waals surface area contributed by atoms with Crippen molar-refractivity contribution >= 4 is 17.8 Å². The lowest BCUT2D eigenvalue weighted by Crippen LogP contribution is -2.52. The first-order chi connectivity index (χ1) is 15.8. The van der Waals surface area contributed by atoms with Gasteiger partial charge in [-0.1, -0.05) is 0 Å². The van der Waals surface area contributed by atoms with Gasteiger partial charge in [0.1, 0.15) is 17.5 Å². The number of hydrogen-bond acceptors (Lipinski definition) is 7. The highest BCUT2D eigenvalue weighted by Gasteiger charge is 2.27. The number of piperidine rings is 1. The number of carbonyl (C=O) groups is 2. The molecule has 33 heavy (non-hydrogen) atoms. The van der Waals surface area contributed by atoms with Crippen molar-refractivity contribution < 1.29 is 19.1 Å². The quantitative estimate of drug-likeness (QED) is 0.627. The monoisotopic (exact) mass is 455 g/mol. The van der Waals surface area contributed by atoms with Gasteiger partial charge in [-0.3, -0.25) is 9.59 Å². The number of methoxy groups -OCH3 is 2. The Morgan fingerprint density at radius 3 is 2.12 bits per heavy atom. The van der Waals surface area contributed by atoms with Gasteiger partial charge in [0.05, 0.1) is 14.2 Å². The van der Waals surface area contributed by atoms with Crippen LogP contribution in [0, 0.1) is 13.8 Å². The number of anilines is 1. The van der Waals surface area contributed by atoms with E-state index in [1.54, 1.807) is 20.3 Å². The molecule has 2 heterocycles. The Kier molecular flexibility index (Phi) is 8.08. The summed E-state index contributed by atoms with van der Waals surface area (Å²) in [5.74, 6) is 1.54. The van der Waals surface area contributed by atoms with Crippen LogP contribution in [0.1, 0.15) is 36.7 Å². The lowest BCUT2D eigenvalue weighted by molar-refractivity contribution is -0.128. The number of amides is 2. The maximum absolute atomic E-state index is 13.1. The summed E-state index contributed by atoms with van der Waals surface area (Å²) in [6.07, 6.45) is 1.89. The molecule has 2 aromatic rings. The third-order valence-electron chi connectivity index (χ3n) is 5.64. The predicted molar refractivity (Wildman–Crippen MR) is 126 cm³/mol. The third-order valence-corrected chi connectivity index (χ3v) is 5.64. The normalized spacial score (nSPS) is 15.0. The van der Waals surface area contributed by atoms with Crippen LogP contribution in [0.2, 0.25) is 0 Å². The predicted octanol–water partition coefficient (Wildman–Crippen LogP) is 1.94. The van der Waals surface area contributed by atoms with Gasteiger partial charge in [-0.05, 0) is 50.5 Å². The third kappa shape index (κ3) is 6.81. The highest BCUT2D eigenvalue weighted by Crippen LogP contribution is 2.24. The molecule has 1 aliphatic heterocycles. The Hall–Kier alpha value is -3.36. The van der Waals surface area contributed by atoms with E-state index in [0.29, 0.717) is 17.9 Å². The van der Waals surface area contributed by atoms with Crippen LogP contribution in [-0.4, -0.2) is 61.2 Å². The minimum absolute atomic E-state index is 0.0239. The Bertz CT molecular complexity index is 946. The van der Waals surface area contributed by atoms with Crippen LogP contribution in [0.4, 0.5) is 5.95 Å². The van der Waals surface area contributed by atoms with Crippen LogP contribution in [0.25, 0.3) is 0 Å². The summed E-state index contributed by atoms with van der Waals surface area (Å²) in [5, 5.41) is 5.89. The van der Waals surface area contributed by atoms with E-state index < -0.39 is 6.04 Å². The fraction of sp³-hybridized carbons (Fsp3) is 0.500. The van der Waals surface area contributed by atoms with E-state index in [1.165, 1.54) is 6.92 Å². The summed E-state index contributed by atoms with van der Waals surface area (Å²) < 4.78 is 10.6. The number of aromatic nitrogens is 2. The molecule has 0 radical (unpaired) electrons. The van der Waals surface area contributed by atoms with Gasteiger partial charge < -0.3 is 25.0 Å². The molecule has 1 aliphatic rings. The zero-order valence-electron chi connectivity index (χ0n) is 20.0. The molecule has 0 bridgehead atoms. The van der Waals surface area contributed by atoms with Crippen molar-refractivity contribution in [3.05, 3.63) is 41.2 Å². The van der Waals surface area contributed by atoms with Crippen molar-refractivity contribution in [1.82, 2.24) is 20.6 Å². The van der Waals surface area contributed by atoms with Crippen LogP contribution in [0.3, 0.4) is 0 Å². The summed E-state index contributed by atoms with van der Waals surface area (Å²) in [7, 11) is 3.15. The van der Waals surface area contributed by atoms with E-state index in [4.69, 9.17) is 9.47 Å². The Labute approximate surface area is 194 Å². The Morgan fingerprint density at radius 2 is 1.61 bits per heavy atom. The van der Waals surface area contributed by atoms with Gasteiger partial charge in [0.2, 0.25) is 17.8 Å². The summed E-state index contributed by atoms with van der Waals surface area (Å²) in [6.45, 7) is 6.85. The molecule has 1 saturated heterocycles. The van der Waals surface area contributed by atoms with Crippen LogP contribution in [-0.2, 0) is 16.0 Å². The minimum atomic E-state index is -0.694. The van der Waals surface area contributed by atoms with Crippen molar-refractivity contribution in [2.45, 2.75) is 52.1 Å². The van der Waals surface area contributed by atoms with Crippen LogP contribution >= 0.6 is 0 Å². The first-order valence-corrected chi connectivity index (χ1v) is 11.1. The van der Waals surface area contributed by atoms with Gasteiger partial charge in [0.15, 0.2) is 0 Å². The molecule has 0 unspecified atom stereocenters. The molecule has 2 amide bonds. The SMILES string of the molecule is COc1cc(C[C@@H](NC(C)=O)C(=O)NC2CCN(c3nc(C)cc(C)n3)CC2)cc(OC)c1. The first kappa shape index (κ1) is 24.3. The summed E-state index contributed by atoms with van der Waals surface area (Å²) in [4.78, 5) is 36.1. The van der Waals surface area contributed by atoms with Crippen LogP contribution < -0.4 is 25.0 Å². The van der Waals surface area contributed by atoms with E-state index in [2.05, 4.69) is 25.5 Å². The topological polar surface area (TPSA) is 106 Å². The molecule has 1 fully saturated rings. The number of nitrogens with one attached hydrogen (secondary N) is 2. The van der Waals surface area contributed by atoms with E-state index in [9.17, 15) is 9.59 Å². The van der Waals surface area contributed by atoms with E-state index in [1.807, 2.05) is 32.0 Å². The zero-order valence-corrected chi connectivity index (χ0v) is 20.0. The lowest BCUT2D eigenvalue weighted by Gasteiger charge is -2.33. The largest absolute Gasteiger partial charge is 0.497 e. The molecule has 1 aromatic heterocycles. The Morgan fingerprint density at radius 1 is 1.03 bits per heavy atom. The second-order valence-electron chi connectivity index (χ2n) is 8.40. The number of benzene rings is 1.